The van der Waals surface area contributed by atoms with E-state index in [-0.39, 0.29) is 0 Å². The molecule has 0 amide bonds. The van der Waals surface area contributed by atoms with Gasteiger partial charge < -0.3 is 4.90 Å². The lowest BCUT2D eigenvalue weighted by Gasteiger charge is -2.19. The molecule has 1 fully saturated rings. The molecule has 144 valence electrons. The molecule has 2 aromatic carbocycles. The Kier molecular flexibility index (Phi) is 6.24. The molecule has 2 aliphatic rings. The van der Waals surface area contributed by atoms with E-state index in [9.17, 15) is 0 Å². The monoisotopic (exact) mass is 369 g/mol. The molecule has 1 aliphatic carbocycles. The maximum absolute atomic E-state index is 2.50. The molecule has 4 rings (SSSR count). The number of allylic oxidation sites excluding steroid dienone is 6. The summed E-state index contributed by atoms with van der Waals surface area (Å²) >= 11 is 0. The molecule has 1 heterocycles. The summed E-state index contributed by atoms with van der Waals surface area (Å²) < 4.78 is 0. The van der Waals surface area contributed by atoms with Crippen LogP contribution >= 0.6 is 0 Å². The van der Waals surface area contributed by atoms with Gasteiger partial charge in [0.25, 0.3) is 0 Å². The Morgan fingerprint density at radius 3 is 2.32 bits per heavy atom. The summed E-state index contributed by atoms with van der Waals surface area (Å²) in [6.07, 6.45) is 12.8. The molecule has 0 spiro atoms. The van der Waals surface area contributed by atoms with Gasteiger partial charge in [-0.15, -0.1) is 0 Å². The van der Waals surface area contributed by atoms with Crippen molar-refractivity contribution in [1.82, 2.24) is 4.90 Å². The van der Waals surface area contributed by atoms with Crippen LogP contribution in [0.15, 0.2) is 78.4 Å². The number of rotatable bonds is 8. The molecule has 1 saturated heterocycles. The molecule has 0 bridgehead atoms. The Morgan fingerprint density at radius 1 is 0.893 bits per heavy atom. The molecule has 1 heteroatoms. The van der Waals surface area contributed by atoms with Crippen LogP contribution in [0, 0.1) is 0 Å². The fourth-order valence-corrected chi connectivity index (χ4v) is 4.12. The highest BCUT2D eigenvalue weighted by atomic mass is 15.2. The van der Waals surface area contributed by atoms with Crippen molar-refractivity contribution in [2.24, 2.45) is 0 Å². The van der Waals surface area contributed by atoms with E-state index in [1.165, 1.54) is 65.9 Å². The Bertz CT molecular complexity index is 864. The molecule has 2 aromatic rings. The quantitative estimate of drug-likeness (QED) is 0.377. The Balaban J connectivity index is 1.66. The fourth-order valence-electron chi connectivity index (χ4n) is 4.12. The van der Waals surface area contributed by atoms with Crippen LogP contribution in [0.4, 0.5) is 0 Å². The molecule has 0 N–H and O–H groups in total. The average Bonchev–Trinajstić information content (AvgIpc) is 3.58. The first-order chi connectivity index (χ1) is 13.8. The van der Waals surface area contributed by atoms with E-state index < -0.39 is 0 Å². The average molecular weight is 370 g/mol. The zero-order valence-corrected chi connectivity index (χ0v) is 17.0. The maximum Gasteiger partial charge on any atom is 0.0110 e. The molecule has 0 radical (unpaired) electrons. The van der Waals surface area contributed by atoms with Crippen LogP contribution in [0.1, 0.15) is 49.3 Å². The van der Waals surface area contributed by atoms with Gasteiger partial charge in [-0.2, -0.15) is 0 Å². The lowest BCUT2D eigenvalue weighted by molar-refractivity contribution is 0.535. The van der Waals surface area contributed by atoms with Crippen molar-refractivity contribution in [3.8, 4) is 0 Å². The third-order valence-corrected chi connectivity index (χ3v) is 5.78. The minimum Gasteiger partial charge on any atom is -0.301 e. The van der Waals surface area contributed by atoms with Crippen LogP contribution < -0.4 is 0 Å². The molecule has 0 atom stereocenters. The summed E-state index contributed by atoms with van der Waals surface area (Å²) in [7, 11) is 0. The van der Waals surface area contributed by atoms with Gasteiger partial charge in [-0.05, 0) is 72.1 Å². The van der Waals surface area contributed by atoms with Gasteiger partial charge in [0.05, 0.1) is 0 Å². The summed E-state index contributed by atoms with van der Waals surface area (Å²) in [6.45, 7) is 6.12. The van der Waals surface area contributed by atoms with Crippen LogP contribution in [0.3, 0.4) is 0 Å². The van der Waals surface area contributed by atoms with Gasteiger partial charge in [-0.3, -0.25) is 0 Å². The Labute approximate surface area is 170 Å². The molecule has 0 aromatic heterocycles. The summed E-state index contributed by atoms with van der Waals surface area (Å²) in [5.74, 6) is 0. The smallest absolute Gasteiger partial charge is 0.0110 e. The lowest BCUT2D eigenvalue weighted by atomic mass is 9.85. The topological polar surface area (TPSA) is 3.01 Å². The van der Waals surface area contributed by atoms with E-state index in [1.807, 2.05) is 0 Å². The first-order valence-electron chi connectivity index (χ1n) is 10.8. The second-order valence-electron chi connectivity index (χ2n) is 7.85. The summed E-state index contributed by atoms with van der Waals surface area (Å²) in [5, 5.41) is 0. The van der Waals surface area contributed by atoms with Crippen molar-refractivity contribution < 1.29 is 0 Å². The largest absolute Gasteiger partial charge is 0.301 e. The van der Waals surface area contributed by atoms with Crippen molar-refractivity contribution >= 4 is 11.1 Å². The number of hydrogen-bond acceptors (Lipinski definition) is 1. The van der Waals surface area contributed by atoms with Crippen LogP contribution in [-0.4, -0.2) is 24.5 Å². The van der Waals surface area contributed by atoms with Gasteiger partial charge in [0, 0.05) is 13.1 Å². The number of aryl methyl sites for hydroxylation is 1. The van der Waals surface area contributed by atoms with Gasteiger partial charge in [-0.25, -0.2) is 0 Å². The molecular formula is C27H31N. The molecule has 1 aliphatic heterocycles. The summed E-state index contributed by atoms with van der Waals surface area (Å²) in [4.78, 5) is 2.50. The van der Waals surface area contributed by atoms with E-state index in [0.29, 0.717) is 0 Å². The second kappa shape index (κ2) is 9.21. The van der Waals surface area contributed by atoms with E-state index in [4.69, 9.17) is 0 Å². The molecule has 0 unspecified atom stereocenters. The lowest BCUT2D eigenvalue weighted by Crippen LogP contribution is -2.01. The van der Waals surface area contributed by atoms with Gasteiger partial charge in [-0.1, -0.05) is 79.7 Å². The highest BCUT2D eigenvalue weighted by Gasteiger charge is 2.16. The summed E-state index contributed by atoms with van der Waals surface area (Å²) in [6, 6.07) is 20.2. The van der Waals surface area contributed by atoms with E-state index >= 15 is 0 Å². The van der Waals surface area contributed by atoms with Crippen molar-refractivity contribution in [2.45, 2.75) is 39.0 Å². The van der Waals surface area contributed by atoms with E-state index in [1.54, 1.807) is 0 Å². The van der Waals surface area contributed by atoms with Gasteiger partial charge in [0.15, 0.2) is 0 Å². The first kappa shape index (κ1) is 19.0. The third kappa shape index (κ3) is 4.72. The van der Waals surface area contributed by atoms with Crippen molar-refractivity contribution in [2.75, 3.05) is 19.6 Å². The van der Waals surface area contributed by atoms with E-state index in [2.05, 4.69) is 84.6 Å². The predicted octanol–water partition coefficient (Wildman–Crippen LogP) is 6.53. The van der Waals surface area contributed by atoms with Gasteiger partial charge >= 0.3 is 0 Å². The normalized spacial score (nSPS) is 17.2. The zero-order chi connectivity index (χ0) is 19.2. The molecular weight excluding hydrogens is 338 g/mol. The minimum absolute atomic E-state index is 1.03. The second-order valence-corrected chi connectivity index (χ2v) is 7.85. The molecule has 1 nitrogen and oxygen atoms in total. The van der Waals surface area contributed by atoms with Gasteiger partial charge in [0.2, 0.25) is 0 Å². The fraction of sp³-hybridized carbons (Fsp3) is 0.333. The van der Waals surface area contributed by atoms with Crippen molar-refractivity contribution in [1.29, 1.82) is 0 Å². The van der Waals surface area contributed by atoms with Gasteiger partial charge in [0.1, 0.15) is 0 Å². The molecule has 0 saturated carbocycles. The molecule has 28 heavy (non-hydrogen) atoms. The van der Waals surface area contributed by atoms with Crippen LogP contribution in [0.2, 0.25) is 0 Å². The number of hydrogen-bond donors (Lipinski definition) is 0. The Hall–Kier alpha value is -2.38. The number of nitrogens with zero attached hydrogens (tertiary/aromatic N) is 1. The van der Waals surface area contributed by atoms with Crippen LogP contribution in [0.5, 0.6) is 0 Å². The number of benzene rings is 2. The first-order valence-corrected chi connectivity index (χ1v) is 10.8. The Morgan fingerprint density at radius 2 is 1.68 bits per heavy atom. The maximum atomic E-state index is 2.50. The predicted molar refractivity (Wildman–Crippen MR) is 121 cm³/mol. The summed E-state index contributed by atoms with van der Waals surface area (Å²) in [5.41, 5.74) is 8.35. The van der Waals surface area contributed by atoms with Crippen molar-refractivity contribution in [3.05, 3.63) is 95.1 Å². The minimum atomic E-state index is 1.03. The van der Waals surface area contributed by atoms with Crippen LogP contribution in [-0.2, 0) is 6.42 Å². The highest BCUT2D eigenvalue weighted by molar-refractivity contribution is 5.99. The standard InChI is InChI=1S/C27H31N/c1-2-26(23-11-5-3-6-12-23)27(24-13-7-4-8-14-24)25-17-15-22(16-18-25)10-9-19-28-20-21-28/h3,5-7,11-18H,2,4,8-10,19-21H2,1H3/b27-26-. The van der Waals surface area contributed by atoms with Crippen LogP contribution in [0.25, 0.3) is 11.1 Å². The highest BCUT2D eigenvalue weighted by Crippen LogP contribution is 2.36. The third-order valence-electron chi connectivity index (χ3n) is 5.78. The van der Waals surface area contributed by atoms with Crippen molar-refractivity contribution in [3.63, 3.8) is 0 Å². The SMILES string of the molecule is CC/C(=C(\C1=CCCC=C1)c1ccc(CCCN2CC2)cc1)c1ccccc1. The van der Waals surface area contributed by atoms with E-state index in [0.717, 1.165) is 19.3 Å². The zero-order valence-electron chi connectivity index (χ0n) is 17.0.